The number of hydrogen-bond donors (Lipinski definition) is 2. The van der Waals surface area contributed by atoms with Gasteiger partial charge in [-0.05, 0) is 41.1 Å². The molecule has 8 heteroatoms. The molecule has 5 rings (SSSR count). The van der Waals surface area contributed by atoms with Gasteiger partial charge in [-0.3, -0.25) is 0 Å². The molecule has 3 N–H and O–H groups in total. The molecule has 158 valence electrons. The molecule has 0 fully saturated rings. The standard InChI is InChI=1S/C23H21FN4O2S/c24-22-10-17-9-15(2-3-16(17)11-26-22)21-13-28-23(31-21)27-12-18(25)7-14-1-4-19-20(8-14)30-6-5-29-19/h1-4,8-11,13,18H,5-7,12,25H2,(H,27,28)/t18-/m1/s1. The van der Waals surface area contributed by atoms with Gasteiger partial charge in [0.15, 0.2) is 16.6 Å². The van der Waals surface area contributed by atoms with E-state index >= 15 is 0 Å². The Kier molecular flexibility index (Phi) is 5.40. The number of benzene rings is 2. The molecular weight excluding hydrogens is 415 g/mol. The number of pyridine rings is 1. The van der Waals surface area contributed by atoms with Crippen LogP contribution in [0.25, 0.3) is 21.2 Å². The van der Waals surface area contributed by atoms with Gasteiger partial charge in [-0.1, -0.05) is 29.5 Å². The van der Waals surface area contributed by atoms with Crippen molar-refractivity contribution < 1.29 is 13.9 Å². The Morgan fingerprint density at radius 2 is 1.87 bits per heavy atom. The maximum atomic E-state index is 13.4. The fourth-order valence-corrected chi connectivity index (χ4v) is 4.38. The summed E-state index contributed by atoms with van der Waals surface area (Å²) in [7, 11) is 0. The van der Waals surface area contributed by atoms with Crippen LogP contribution >= 0.6 is 11.3 Å². The first-order valence-corrected chi connectivity index (χ1v) is 10.9. The highest BCUT2D eigenvalue weighted by molar-refractivity contribution is 7.18. The Balaban J connectivity index is 1.22. The number of nitrogens with zero attached hydrogens (tertiary/aromatic N) is 2. The van der Waals surface area contributed by atoms with E-state index < -0.39 is 5.95 Å². The molecule has 0 saturated carbocycles. The van der Waals surface area contributed by atoms with E-state index in [2.05, 4.69) is 15.3 Å². The second kappa shape index (κ2) is 8.49. The molecular formula is C23H21FN4O2S. The van der Waals surface area contributed by atoms with Gasteiger partial charge in [0.2, 0.25) is 5.95 Å². The molecule has 0 unspecified atom stereocenters. The summed E-state index contributed by atoms with van der Waals surface area (Å²) in [5, 5.41) is 5.83. The van der Waals surface area contributed by atoms with Crippen molar-refractivity contribution in [3.8, 4) is 21.9 Å². The third kappa shape index (κ3) is 4.45. The quantitative estimate of drug-likeness (QED) is 0.440. The van der Waals surface area contributed by atoms with Crippen molar-refractivity contribution in [3.63, 3.8) is 0 Å². The lowest BCUT2D eigenvalue weighted by molar-refractivity contribution is 0.171. The Bertz CT molecular complexity index is 1230. The van der Waals surface area contributed by atoms with E-state index in [0.717, 1.165) is 43.4 Å². The van der Waals surface area contributed by atoms with E-state index in [1.54, 1.807) is 11.3 Å². The molecule has 0 bridgehead atoms. The van der Waals surface area contributed by atoms with Gasteiger partial charge in [0.05, 0.1) is 4.88 Å². The molecule has 31 heavy (non-hydrogen) atoms. The largest absolute Gasteiger partial charge is 0.486 e. The van der Waals surface area contributed by atoms with Crippen LogP contribution in [0.1, 0.15) is 5.56 Å². The summed E-state index contributed by atoms with van der Waals surface area (Å²) in [6.07, 6.45) is 4.07. The minimum absolute atomic E-state index is 0.0777. The monoisotopic (exact) mass is 436 g/mol. The van der Waals surface area contributed by atoms with Crippen LogP contribution in [-0.4, -0.2) is 35.8 Å². The number of hydrogen-bond acceptors (Lipinski definition) is 7. The van der Waals surface area contributed by atoms with Crippen LogP contribution in [0.5, 0.6) is 11.5 Å². The topological polar surface area (TPSA) is 82.3 Å². The number of nitrogens with two attached hydrogens (primary N) is 1. The van der Waals surface area contributed by atoms with Gasteiger partial charge < -0.3 is 20.5 Å². The van der Waals surface area contributed by atoms with Gasteiger partial charge in [-0.25, -0.2) is 9.97 Å². The van der Waals surface area contributed by atoms with E-state index in [0.29, 0.717) is 26.2 Å². The van der Waals surface area contributed by atoms with Crippen molar-refractivity contribution >= 4 is 27.2 Å². The normalized spacial score (nSPS) is 13.9. The SMILES string of the molecule is N[C@@H](CNc1ncc(-c2ccc3cnc(F)cc3c2)s1)Cc1ccc2c(c1)OCCO2. The molecule has 1 aliphatic rings. The maximum absolute atomic E-state index is 13.4. The first-order valence-electron chi connectivity index (χ1n) is 10.0. The third-order valence-electron chi connectivity index (χ3n) is 5.10. The maximum Gasteiger partial charge on any atom is 0.213 e. The molecule has 0 radical (unpaired) electrons. The zero-order chi connectivity index (χ0) is 21.2. The lowest BCUT2D eigenvalue weighted by atomic mass is 10.1. The molecule has 2 aromatic heterocycles. The molecule has 0 saturated heterocycles. The molecule has 0 aliphatic carbocycles. The van der Waals surface area contributed by atoms with Crippen molar-refractivity contribution in [1.82, 2.24) is 9.97 Å². The lowest BCUT2D eigenvalue weighted by Gasteiger charge is -2.19. The van der Waals surface area contributed by atoms with E-state index in [1.165, 1.54) is 12.3 Å². The summed E-state index contributed by atoms with van der Waals surface area (Å²) in [4.78, 5) is 9.15. The zero-order valence-corrected chi connectivity index (χ0v) is 17.5. The Morgan fingerprint density at radius 1 is 1.00 bits per heavy atom. The highest BCUT2D eigenvalue weighted by atomic mass is 32.1. The predicted octanol–water partition coefficient (Wildman–Crippen LogP) is 4.25. The zero-order valence-electron chi connectivity index (χ0n) is 16.7. The Hall–Kier alpha value is -3.23. The fourth-order valence-electron chi connectivity index (χ4n) is 3.56. The second-order valence-electron chi connectivity index (χ2n) is 7.42. The summed E-state index contributed by atoms with van der Waals surface area (Å²) in [6, 6.07) is 13.2. The van der Waals surface area contributed by atoms with Crippen molar-refractivity contribution in [3.05, 3.63) is 66.4 Å². The van der Waals surface area contributed by atoms with E-state index in [1.807, 2.05) is 42.6 Å². The summed E-state index contributed by atoms with van der Waals surface area (Å²) < 4.78 is 24.6. The van der Waals surface area contributed by atoms with Crippen LogP contribution in [0, 0.1) is 5.95 Å². The smallest absolute Gasteiger partial charge is 0.213 e. The molecule has 4 aromatic rings. The van der Waals surface area contributed by atoms with Crippen LogP contribution in [0.15, 0.2) is 54.9 Å². The summed E-state index contributed by atoms with van der Waals surface area (Å²) in [6.45, 7) is 1.74. The number of nitrogens with one attached hydrogen (secondary N) is 1. The Morgan fingerprint density at radius 3 is 2.77 bits per heavy atom. The minimum atomic E-state index is -0.483. The number of fused-ring (bicyclic) bond motifs is 2. The van der Waals surface area contributed by atoms with E-state index in [4.69, 9.17) is 15.2 Å². The fraction of sp³-hybridized carbons (Fsp3) is 0.217. The molecule has 1 atom stereocenters. The average Bonchev–Trinajstić information content (AvgIpc) is 3.26. The third-order valence-corrected chi connectivity index (χ3v) is 6.10. The van der Waals surface area contributed by atoms with Gasteiger partial charge in [0, 0.05) is 36.4 Å². The number of rotatable bonds is 6. The van der Waals surface area contributed by atoms with Crippen LogP contribution in [-0.2, 0) is 6.42 Å². The van der Waals surface area contributed by atoms with Crippen LogP contribution in [0.4, 0.5) is 9.52 Å². The van der Waals surface area contributed by atoms with Crippen molar-refractivity contribution in [2.24, 2.45) is 5.73 Å². The number of halogens is 1. The summed E-state index contributed by atoms with van der Waals surface area (Å²) in [5.74, 6) is 1.08. The minimum Gasteiger partial charge on any atom is -0.486 e. The number of ether oxygens (including phenoxy) is 2. The van der Waals surface area contributed by atoms with Gasteiger partial charge in [-0.15, -0.1) is 0 Å². The molecule has 0 amide bonds. The highest BCUT2D eigenvalue weighted by Crippen LogP contribution is 2.32. The van der Waals surface area contributed by atoms with Crippen molar-refractivity contribution in [1.29, 1.82) is 0 Å². The van der Waals surface area contributed by atoms with Crippen LogP contribution < -0.4 is 20.5 Å². The highest BCUT2D eigenvalue weighted by Gasteiger charge is 2.14. The van der Waals surface area contributed by atoms with Crippen LogP contribution in [0.3, 0.4) is 0 Å². The number of anilines is 1. The predicted molar refractivity (Wildman–Crippen MR) is 120 cm³/mol. The van der Waals surface area contributed by atoms with Gasteiger partial charge in [-0.2, -0.15) is 4.39 Å². The molecule has 6 nitrogen and oxygen atoms in total. The number of thiazole rings is 1. The molecule has 1 aliphatic heterocycles. The first kappa shape index (κ1) is 19.7. The average molecular weight is 437 g/mol. The van der Waals surface area contributed by atoms with E-state index in [9.17, 15) is 4.39 Å². The summed E-state index contributed by atoms with van der Waals surface area (Å²) >= 11 is 1.54. The van der Waals surface area contributed by atoms with Gasteiger partial charge in [0.1, 0.15) is 13.2 Å². The first-order chi connectivity index (χ1) is 15.1. The molecule has 0 spiro atoms. The molecule has 3 heterocycles. The van der Waals surface area contributed by atoms with Gasteiger partial charge >= 0.3 is 0 Å². The summed E-state index contributed by atoms with van der Waals surface area (Å²) in [5.41, 5.74) is 8.42. The number of aromatic nitrogens is 2. The van der Waals surface area contributed by atoms with Crippen molar-refractivity contribution in [2.75, 3.05) is 25.1 Å². The van der Waals surface area contributed by atoms with Crippen LogP contribution in [0.2, 0.25) is 0 Å². The van der Waals surface area contributed by atoms with E-state index in [-0.39, 0.29) is 6.04 Å². The van der Waals surface area contributed by atoms with Crippen molar-refractivity contribution in [2.45, 2.75) is 12.5 Å². The van der Waals surface area contributed by atoms with Gasteiger partial charge in [0.25, 0.3) is 0 Å². The second-order valence-corrected chi connectivity index (χ2v) is 8.45. The lowest BCUT2D eigenvalue weighted by Crippen LogP contribution is -2.31. The Labute approximate surface area is 182 Å². The molecule has 2 aromatic carbocycles.